The zero-order valence-corrected chi connectivity index (χ0v) is 12.1. The number of hydrogen-bond donors (Lipinski definition) is 3. The van der Waals surface area contributed by atoms with Crippen LogP contribution in [0.15, 0.2) is 55.0 Å². The average Bonchev–Trinajstić information content (AvgIpc) is 2.95. The second kappa shape index (κ2) is 6.76. The van der Waals surface area contributed by atoms with Gasteiger partial charge in [-0.15, -0.1) is 0 Å². The molecule has 0 atom stereocenters. The molecule has 0 saturated heterocycles. The van der Waals surface area contributed by atoms with Gasteiger partial charge in [-0.25, -0.2) is 4.98 Å². The van der Waals surface area contributed by atoms with Gasteiger partial charge in [0.25, 0.3) is 0 Å². The van der Waals surface area contributed by atoms with Crippen molar-refractivity contribution in [1.82, 2.24) is 14.9 Å². The maximum Gasteiger partial charge on any atom is 0.137 e. The molecule has 0 radical (unpaired) electrons. The first-order valence-corrected chi connectivity index (χ1v) is 6.70. The molecule has 0 amide bonds. The standard InChI is InChI=1S/C16H20N4O/c1-12(20(2)10-11-21)4-3-5-15(17)13-6-8-18-16-14(13)7-9-19-16/h3-9,21H,1,10-11,17H2,2H3,(H,18,19)/b4-3-,15-5-. The highest BCUT2D eigenvalue weighted by Gasteiger charge is 2.04. The minimum Gasteiger partial charge on any atom is -0.398 e. The van der Waals surface area contributed by atoms with E-state index in [4.69, 9.17) is 10.8 Å². The summed E-state index contributed by atoms with van der Waals surface area (Å²) in [7, 11) is 1.88. The highest BCUT2D eigenvalue weighted by Crippen LogP contribution is 2.19. The van der Waals surface area contributed by atoms with Crippen molar-refractivity contribution in [1.29, 1.82) is 0 Å². The molecule has 5 heteroatoms. The minimum atomic E-state index is 0.101. The van der Waals surface area contributed by atoms with Gasteiger partial charge >= 0.3 is 0 Å². The predicted octanol–water partition coefficient (Wildman–Crippen LogP) is 1.86. The van der Waals surface area contributed by atoms with Crippen molar-refractivity contribution < 1.29 is 5.11 Å². The van der Waals surface area contributed by atoms with Crippen LogP contribution in [0.3, 0.4) is 0 Å². The van der Waals surface area contributed by atoms with E-state index in [2.05, 4.69) is 16.5 Å². The summed E-state index contributed by atoms with van der Waals surface area (Å²) in [5.74, 6) is 0. The normalized spacial score (nSPS) is 12.2. The van der Waals surface area contributed by atoms with Crippen molar-refractivity contribution in [2.45, 2.75) is 0 Å². The Labute approximate surface area is 124 Å². The first-order chi connectivity index (χ1) is 10.1. The van der Waals surface area contributed by atoms with Crippen LogP contribution in [-0.4, -0.2) is 40.2 Å². The van der Waals surface area contributed by atoms with Crippen molar-refractivity contribution in [3.8, 4) is 0 Å². The fraction of sp³-hybridized carbons (Fsp3) is 0.188. The first kappa shape index (κ1) is 14.9. The van der Waals surface area contributed by atoms with Gasteiger partial charge in [0.1, 0.15) is 5.65 Å². The Morgan fingerprint density at radius 3 is 3.10 bits per heavy atom. The van der Waals surface area contributed by atoms with E-state index in [0.717, 1.165) is 22.3 Å². The van der Waals surface area contributed by atoms with Gasteiger partial charge in [-0.3, -0.25) is 0 Å². The molecule has 4 N–H and O–H groups in total. The number of nitrogens with zero attached hydrogens (tertiary/aromatic N) is 2. The Kier molecular flexibility index (Phi) is 4.79. The molecule has 0 fully saturated rings. The summed E-state index contributed by atoms with van der Waals surface area (Å²) >= 11 is 0. The number of aliphatic hydroxyl groups is 1. The Morgan fingerprint density at radius 2 is 2.33 bits per heavy atom. The molecule has 0 unspecified atom stereocenters. The first-order valence-electron chi connectivity index (χ1n) is 6.70. The molecule has 0 bridgehead atoms. The van der Waals surface area contributed by atoms with Crippen LogP contribution in [0.1, 0.15) is 5.56 Å². The van der Waals surface area contributed by atoms with Gasteiger partial charge in [0, 0.05) is 48.3 Å². The monoisotopic (exact) mass is 284 g/mol. The molecule has 0 aliphatic rings. The second-order valence-electron chi connectivity index (χ2n) is 4.72. The number of pyridine rings is 1. The lowest BCUT2D eigenvalue weighted by atomic mass is 10.1. The van der Waals surface area contributed by atoms with Crippen LogP contribution in [0.4, 0.5) is 0 Å². The van der Waals surface area contributed by atoms with Gasteiger partial charge in [-0.1, -0.05) is 12.7 Å². The molecule has 0 aromatic carbocycles. The molecule has 2 aromatic heterocycles. The summed E-state index contributed by atoms with van der Waals surface area (Å²) in [4.78, 5) is 9.17. The molecule has 2 heterocycles. The summed E-state index contributed by atoms with van der Waals surface area (Å²) in [6.07, 6.45) is 9.12. The van der Waals surface area contributed by atoms with E-state index in [1.54, 1.807) is 6.20 Å². The maximum atomic E-state index is 8.88. The second-order valence-corrected chi connectivity index (χ2v) is 4.72. The summed E-state index contributed by atoms with van der Waals surface area (Å²) in [6, 6.07) is 3.85. The molecule has 0 aliphatic heterocycles. The van der Waals surface area contributed by atoms with Gasteiger partial charge < -0.3 is 20.7 Å². The van der Waals surface area contributed by atoms with Gasteiger partial charge in [0.2, 0.25) is 0 Å². The lowest BCUT2D eigenvalue weighted by molar-refractivity contribution is 0.249. The third-order valence-electron chi connectivity index (χ3n) is 3.26. The zero-order valence-electron chi connectivity index (χ0n) is 12.1. The van der Waals surface area contributed by atoms with Crippen molar-refractivity contribution in [3.05, 3.63) is 60.6 Å². The van der Waals surface area contributed by atoms with Gasteiger partial charge in [-0.05, 0) is 24.3 Å². The lowest BCUT2D eigenvalue weighted by Crippen LogP contribution is -2.19. The predicted molar refractivity (Wildman–Crippen MR) is 86.3 cm³/mol. The molecule has 0 saturated carbocycles. The number of aromatic amines is 1. The Bertz CT molecular complexity index is 684. The Hall–Kier alpha value is -2.53. The van der Waals surface area contributed by atoms with Crippen molar-refractivity contribution >= 4 is 16.7 Å². The van der Waals surface area contributed by atoms with E-state index in [-0.39, 0.29) is 6.61 Å². The molecular weight excluding hydrogens is 264 g/mol. The van der Waals surface area contributed by atoms with Crippen LogP contribution < -0.4 is 5.73 Å². The molecular formula is C16H20N4O. The maximum absolute atomic E-state index is 8.88. The largest absolute Gasteiger partial charge is 0.398 e. The van der Waals surface area contributed by atoms with Crippen LogP contribution in [0.25, 0.3) is 16.7 Å². The lowest BCUT2D eigenvalue weighted by Gasteiger charge is -2.17. The molecule has 5 nitrogen and oxygen atoms in total. The highest BCUT2D eigenvalue weighted by molar-refractivity contribution is 5.89. The molecule has 0 spiro atoms. The summed E-state index contributed by atoms with van der Waals surface area (Å²) in [5, 5.41) is 9.88. The quantitative estimate of drug-likeness (QED) is 0.707. The highest BCUT2D eigenvalue weighted by atomic mass is 16.3. The van der Waals surface area contributed by atoms with Gasteiger partial charge in [0.05, 0.1) is 6.61 Å². The van der Waals surface area contributed by atoms with E-state index in [9.17, 15) is 0 Å². The number of nitrogens with one attached hydrogen (secondary N) is 1. The molecule has 110 valence electrons. The fourth-order valence-corrected chi connectivity index (χ4v) is 1.99. The van der Waals surface area contributed by atoms with E-state index in [1.165, 1.54) is 0 Å². The van der Waals surface area contributed by atoms with Crippen LogP contribution in [-0.2, 0) is 0 Å². The zero-order chi connectivity index (χ0) is 15.2. The molecule has 21 heavy (non-hydrogen) atoms. The summed E-state index contributed by atoms with van der Waals surface area (Å²) < 4.78 is 0. The third kappa shape index (κ3) is 3.52. The molecule has 2 rings (SSSR count). The van der Waals surface area contributed by atoms with Crippen molar-refractivity contribution in [2.75, 3.05) is 20.2 Å². The fourth-order valence-electron chi connectivity index (χ4n) is 1.99. The Balaban J connectivity index is 2.14. The third-order valence-corrected chi connectivity index (χ3v) is 3.26. The van der Waals surface area contributed by atoms with E-state index >= 15 is 0 Å². The Morgan fingerprint density at radius 1 is 1.52 bits per heavy atom. The van der Waals surface area contributed by atoms with Crippen molar-refractivity contribution in [3.63, 3.8) is 0 Å². The number of likely N-dealkylation sites (N-methyl/N-ethyl adjacent to an activating group) is 1. The average molecular weight is 284 g/mol. The summed E-state index contributed by atoms with van der Waals surface area (Å²) in [6.45, 7) is 4.58. The number of hydrogen-bond acceptors (Lipinski definition) is 4. The SMILES string of the molecule is C=C(/C=C\C=C(/N)c1ccnc2[nH]ccc12)N(C)CCO. The number of H-pyrrole nitrogens is 1. The number of fused-ring (bicyclic) bond motifs is 1. The van der Waals surface area contributed by atoms with E-state index in [1.807, 2.05) is 48.5 Å². The van der Waals surface area contributed by atoms with Crippen molar-refractivity contribution in [2.24, 2.45) is 5.73 Å². The van der Waals surface area contributed by atoms with Crippen LogP contribution in [0.2, 0.25) is 0 Å². The number of aliphatic hydroxyl groups excluding tert-OH is 1. The van der Waals surface area contributed by atoms with E-state index < -0.39 is 0 Å². The number of nitrogens with two attached hydrogens (primary N) is 1. The van der Waals surface area contributed by atoms with E-state index in [0.29, 0.717) is 12.2 Å². The smallest absolute Gasteiger partial charge is 0.137 e. The molecule has 2 aromatic rings. The number of allylic oxidation sites excluding steroid dienone is 3. The number of rotatable bonds is 6. The minimum absolute atomic E-state index is 0.101. The summed E-state index contributed by atoms with van der Waals surface area (Å²) in [5.41, 5.74) is 9.37. The van der Waals surface area contributed by atoms with Gasteiger partial charge in [-0.2, -0.15) is 0 Å². The van der Waals surface area contributed by atoms with Crippen LogP contribution in [0, 0.1) is 0 Å². The molecule has 0 aliphatic carbocycles. The van der Waals surface area contributed by atoms with Crippen LogP contribution >= 0.6 is 0 Å². The topological polar surface area (TPSA) is 78.2 Å². The van der Waals surface area contributed by atoms with Crippen LogP contribution in [0.5, 0.6) is 0 Å². The number of aromatic nitrogens is 2. The van der Waals surface area contributed by atoms with Gasteiger partial charge in [0.15, 0.2) is 0 Å².